The molecule has 0 unspecified atom stereocenters. The first-order chi connectivity index (χ1) is 9.24. The van der Waals surface area contributed by atoms with Crippen molar-refractivity contribution in [1.29, 1.82) is 0 Å². The summed E-state index contributed by atoms with van der Waals surface area (Å²) in [5, 5.41) is 0. The van der Waals surface area contributed by atoms with Crippen LogP contribution in [-0.4, -0.2) is 38.1 Å². The first-order valence-electron chi connectivity index (χ1n) is 6.43. The summed E-state index contributed by atoms with van der Waals surface area (Å²) in [6.07, 6.45) is 5.58. The molecule has 1 aromatic carbocycles. The van der Waals surface area contributed by atoms with Gasteiger partial charge in [0.15, 0.2) is 0 Å². The summed E-state index contributed by atoms with van der Waals surface area (Å²) >= 11 is 0. The molecule has 19 heavy (non-hydrogen) atoms. The van der Waals surface area contributed by atoms with Crippen LogP contribution >= 0.6 is 0 Å². The molecule has 0 radical (unpaired) electrons. The highest BCUT2D eigenvalue weighted by Crippen LogP contribution is 2.25. The molecule has 1 amide bonds. The lowest BCUT2D eigenvalue weighted by Gasteiger charge is -2.12. The van der Waals surface area contributed by atoms with E-state index in [-0.39, 0.29) is 5.91 Å². The predicted octanol–water partition coefficient (Wildman–Crippen LogP) is 2.34. The van der Waals surface area contributed by atoms with E-state index in [4.69, 9.17) is 9.47 Å². The molecule has 2 rings (SSSR count). The number of carbonyl (C=O) groups excluding carboxylic acids is 1. The van der Waals surface area contributed by atoms with Crippen LogP contribution in [-0.2, 0) is 4.79 Å². The lowest BCUT2D eigenvalue weighted by molar-refractivity contribution is -0.124. The van der Waals surface area contributed by atoms with Crippen molar-refractivity contribution < 1.29 is 14.3 Å². The SMILES string of the molecule is COc1ccc(OC)c(/C=C/C(=O)N2CCCC2)c1. The van der Waals surface area contributed by atoms with Crippen LogP contribution in [0, 0.1) is 0 Å². The average Bonchev–Trinajstić information content (AvgIpc) is 2.98. The molecule has 0 atom stereocenters. The maximum absolute atomic E-state index is 11.9. The Morgan fingerprint density at radius 1 is 1.21 bits per heavy atom. The van der Waals surface area contributed by atoms with Gasteiger partial charge >= 0.3 is 0 Å². The molecular weight excluding hydrogens is 242 g/mol. The van der Waals surface area contributed by atoms with Crippen molar-refractivity contribution in [3.63, 3.8) is 0 Å². The molecule has 1 aliphatic rings. The molecule has 1 heterocycles. The van der Waals surface area contributed by atoms with Crippen LogP contribution in [0.2, 0.25) is 0 Å². The molecule has 0 bridgehead atoms. The van der Waals surface area contributed by atoms with Crippen molar-refractivity contribution in [1.82, 2.24) is 4.90 Å². The summed E-state index contributed by atoms with van der Waals surface area (Å²) in [5.41, 5.74) is 0.842. The number of hydrogen-bond acceptors (Lipinski definition) is 3. The molecule has 1 saturated heterocycles. The third-order valence-electron chi connectivity index (χ3n) is 3.26. The Hall–Kier alpha value is -1.97. The number of benzene rings is 1. The largest absolute Gasteiger partial charge is 0.497 e. The maximum atomic E-state index is 11.9. The Balaban J connectivity index is 2.14. The van der Waals surface area contributed by atoms with Gasteiger partial charge in [0, 0.05) is 24.7 Å². The molecule has 0 aliphatic carbocycles. The van der Waals surface area contributed by atoms with Gasteiger partial charge in [-0.05, 0) is 37.1 Å². The zero-order valence-electron chi connectivity index (χ0n) is 11.4. The molecule has 4 nitrogen and oxygen atoms in total. The predicted molar refractivity (Wildman–Crippen MR) is 74.4 cm³/mol. The van der Waals surface area contributed by atoms with Crippen LogP contribution < -0.4 is 9.47 Å². The van der Waals surface area contributed by atoms with Gasteiger partial charge in [0.2, 0.25) is 5.91 Å². The topological polar surface area (TPSA) is 38.8 Å². The van der Waals surface area contributed by atoms with Crippen molar-refractivity contribution in [2.45, 2.75) is 12.8 Å². The molecule has 0 N–H and O–H groups in total. The number of rotatable bonds is 4. The molecule has 1 aromatic rings. The smallest absolute Gasteiger partial charge is 0.246 e. The average molecular weight is 261 g/mol. The highest BCUT2D eigenvalue weighted by molar-refractivity contribution is 5.92. The molecule has 0 saturated carbocycles. The summed E-state index contributed by atoms with van der Waals surface area (Å²) in [7, 11) is 3.23. The van der Waals surface area contributed by atoms with Gasteiger partial charge in [-0.2, -0.15) is 0 Å². The minimum atomic E-state index is 0.0578. The fraction of sp³-hybridized carbons (Fsp3) is 0.400. The van der Waals surface area contributed by atoms with Crippen LogP contribution in [0.4, 0.5) is 0 Å². The molecule has 0 spiro atoms. The molecule has 1 aliphatic heterocycles. The first-order valence-corrected chi connectivity index (χ1v) is 6.43. The zero-order valence-corrected chi connectivity index (χ0v) is 11.4. The van der Waals surface area contributed by atoms with Crippen LogP contribution in [0.15, 0.2) is 24.3 Å². The van der Waals surface area contributed by atoms with Gasteiger partial charge in [-0.25, -0.2) is 0 Å². The van der Waals surface area contributed by atoms with E-state index in [9.17, 15) is 4.79 Å². The number of hydrogen-bond donors (Lipinski definition) is 0. The van der Waals surface area contributed by atoms with Crippen LogP contribution in [0.1, 0.15) is 18.4 Å². The van der Waals surface area contributed by atoms with Gasteiger partial charge in [0.05, 0.1) is 14.2 Å². The van der Waals surface area contributed by atoms with E-state index >= 15 is 0 Å². The Morgan fingerprint density at radius 2 is 1.95 bits per heavy atom. The van der Waals surface area contributed by atoms with Crippen LogP contribution in [0.25, 0.3) is 6.08 Å². The zero-order chi connectivity index (χ0) is 13.7. The fourth-order valence-electron chi connectivity index (χ4n) is 2.17. The summed E-state index contributed by atoms with van der Waals surface area (Å²) in [6.45, 7) is 1.72. The maximum Gasteiger partial charge on any atom is 0.246 e. The second kappa shape index (κ2) is 6.27. The summed E-state index contributed by atoms with van der Waals surface area (Å²) < 4.78 is 10.4. The van der Waals surface area contributed by atoms with Gasteiger partial charge in [0.25, 0.3) is 0 Å². The van der Waals surface area contributed by atoms with E-state index in [1.54, 1.807) is 26.4 Å². The van der Waals surface area contributed by atoms with E-state index in [2.05, 4.69) is 0 Å². The first kappa shape index (κ1) is 13.5. The van der Waals surface area contributed by atoms with E-state index < -0.39 is 0 Å². The van der Waals surface area contributed by atoms with E-state index in [1.807, 2.05) is 23.1 Å². The van der Waals surface area contributed by atoms with Crippen molar-refractivity contribution in [3.05, 3.63) is 29.8 Å². The van der Waals surface area contributed by atoms with Gasteiger partial charge in [-0.3, -0.25) is 4.79 Å². The number of amides is 1. The Labute approximate surface area is 113 Å². The van der Waals surface area contributed by atoms with Crippen molar-refractivity contribution in [2.24, 2.45) is 0 Å². The van der Waals surface area contributed by atoms with E-state index in [0.717, 1.165) is 43.0 Å². The van der Waals surface area contributed by atoms with Crippen LogP contribution in [0.5, 0.6) is 11.5 Å². The summed E-state index contributed by atoms with van der Waals surface area (Å²) in [5.74, 6) is 1.53. The van der Waals surface area contributed by atoms with Gasteiger partial charge in [-0.15, -0.1) is 0 Å². The van der Waals surface area contributed by atoms with Crippen molar-refractivity contribution in [3.8, 4) is 11.5 Å². The summed E-state index contributed by atoms with van der Waals surface area (Å²) in [4.78, 5) is 13.8. The fourth-order valence-corrected chi connectivity index (χ4v) is 2.17. The van der Waals surface area contributed by atoms with Crippen molar-refractivity contribution in [2.75, 3.05) is 27.3 Å². The number of ether oxygens (including phenoxy) is 2. The molecule has 0 aromatic heterocycles. The quantitative estimate of drug-likeness (QED) is 0.781. The standard InChI is InChI=1S/C15H19NO3/c1-18-13-6-7-14(19-2)12(11-13)5-8-15(17)16-9-3-4-10-16/h5-8,11H,3-4,9-10H2,1-2H3/b8-5+. The summed E-state index contributed by atoms with van der Waals surface area (Å²) in [6, 6.07) is 5.52. The third-order valence-corrected chi connectivity index (χ3v) is 3.26. The van der Waals surface area contributed by atoms with Gasteiger partial charge in [0.1, 0.15) is 11.5 Å². The number of likely N-dealkylation sites (tertiary alicyclic amines) is 1. The van der Waals surface area contributed by atoms with E-state index in [0.29, 0.717) is 0 Å². The Morgan fingerprint density at radius 3 is 2.58 bits per heavy atom. The highest BCUT2D eigenvalue weighted by atomic mass is 16.5. The van der Waals surface area contributed by atoms with Gasteiger partial charge in [-0.1, -0.05) is 0 Å². The second-order valence-electron chi connectivity index (χ2n) is 4.47. The van der Waals surface area contributed by atoms with Gasteiger partial charge < -0.3 is 14.4 Å². The number of nitrogens with zero attached hydrogens (tertiary/aromatic N) is 1. The molecule has 102 valence electrons. The highest BCUT2D eigenvalue weighted by Gasteiger charge is 2.15. The normalized spacial score (nSPS) is 14.9. The lowest BCUT2D eigenvalue weighted by atomic mass is 10.1. The van der Waals surface area contributed by atoms with Crippen LogP contribution in [0.3, 0.4) is 0 Å². The molecule has 4 heteroatoms. The Bertz CT molecular complexity index is 476. The molecule has 1 fully saturated rings. The Kier molecular flexibility index (Phi) is 4.44. The number of methoxy groups -OCH3 is 2. The molecular formula is C15H19NO3. The number of carbonyl (C=O) groups is 1. The lowest BCUT2D eigenvalue weighted by Crippen LogP contribution is -2.25. The second-order valence-corrected chi connectivity index (χ2v) is 4.47. The minimum Gasteiger partial charge on any atom is -0.497 e. The third kappa shape index (κ3) is 3.28. The van der Waals surface area contributed by atoms with Crippen molar-refractivity contribution >= 4 is 12.0 Å². The monoisotopic (exact) mass is 261 g/mol. The minimum absolute atomic E-state index is 0.0578. The van der Waals surface area contributed by atoms with E-state index in [1.165, 1.54) is 0 Å².